The van der Waals surface area contributed by atoms with Gasteiger partial charge in [0.1, 0.15) is 22.9 Å². The summed E-state index contributed by atoms with van der Waals surface area (Å²) in [7, 11) is 0. The molecule has 0 saturated heterocycles. The molecule has 0 aromatic carbocycles. The number of carbonyl (C=O) groups excluding carboxylic acids is 1. The number of amides is 1. The highest BCUT2D eigenvalue weighted by molar-refractivity contribution is 5.89. The van der Waals surface area contributed by atoms with Gasteiger partial charge in [-0.3, -0.25) is 0 Å². The first-order chi connectivity index (χ1) is 13.6. The van der Waals surface area contributed by atoms with Crippen LogP contribution < -0.4 is 16.0 Å². The molecule has 0 radical (unpaired) electrons. The van der Waals surface area contributed by atoms with Crippen molar-refractivity contribution in [1.82, 2.24) is 20.3 Å². The second-order valence-corrected chi connectivity index (χ2v) is 8.57. The topological polar surface area (TPSA) is 125 Å². The van der Waals surface area contributed by atoms with Crippen molar-refractivity contribution in [3.05, 3.63) is 18.0 Å². The molecule has 0 aliphatic heterocycles. The summed E-state index contributed by atoms with van der Waals surface area (Å²) in [6.07, 6.45) is 2.75. The van der Waals surface area contributed by atoms with E-state index in [4.69, 9.17) is 10.00 Å². The van der Waals surface area contributed by atoms with Gasteiger partial charge in [-0.05, 0) is 53.5 Å². The van der Waals surface area contributed by atoms with Gasteiger partial charge in [-0.15, -0.1) is 0 Å². The third-order valence-electron chi connectivity index (χ3n) is 4.55. The quantitative estimate of drug-likeness (QED) is 0.702. The lowest BCUT2D eigenvalue weighted by atomic mass is 9.74. The molecule has 3 N–H and O–H groups in total. The van der Waals surface area contributed by atoms with Gasteiger partial charge in [0.05, 0.1) is 0 Å². The predicted molar refractivity (Wildman–Crippen MR) is 111 cm³/mol. The average molecular weight is 397 g/mol. The zero-order valence-electron chi connectivity index (χ0n) is 17.5. The third-order valence-corrected chi connectivity index (χ3v) is 4.55. The van der Waals surface area contributed by atoms with Crippen molar-refractivity contribution in [2.45, 2.75) is 64.6 Å². The number of carbonyl (C=O) groups is 1. The van der Waals surface area contributed by atoms with Gasteiger partial charge in [0.15, 0.2) is 5.82 Å². The fourth-order valence-electron chi connectivity index (χ4n) is 3.42. The monoisotopic (exact) mass is 397 g/mol. The maximum absolute atomic E-state index is 12.0. The lowest BCUT2D eigenvalue weighted by Crippen LogP contribution is -2.60. The van der Waals surface area contributed by atoms with Gasteiger partial charge >= 0.3 is 6.09 Å². The summed E-state index contributed by atoms with van der Waals surface area (Å²) in [5, 5.41) is 19.3. The molecule has 0 bridgehead atoms. The van der Waals surface area contributed by atoms with E-state index in [2.05, 4.69) is 37.0 Å². The molecule has 154 valence electrons. The number of nitriles is 1. The summed E-state index contributed by atoms with van der Waals surface area (Å²) in [5.41, 5.74) is 0.137. The van der Waals surface area contributed by atoms with Crippen molar-refractivity contribution in [3.63, 3.8) is 0 Å². The van der Waals surface area contributed by atoms with E-state index in [1.165, 1.54) is 0 Å². The van der Waals surface area contributed by atoms with E-state index < -0.39 is 11.7 Å². The second kappa shape index (κ2) is 7.70. The highest BCUT2D eigenvalue weighted by Gasteiger charge is 2.42. The van der Waals surface area contributed by atoms with E-state index in [1.807, 2.05) is 34.6 Å². The number of aromatic nitrogens is 3. The highest BCUT2D eigenvalue weighted by atomic mass is 16.6. The van der Waals surface area contributed by atoms with Crippen molar-refractivity contribution in [2.24, 2.45) is 0 Å². The number of nitrogens with one attached hydrogen (secondary N) is 3. The lowest BCUT2D eigenvalue weighted by Gasteiger charge is -2.45. The number of fused-ring (bicyclic) bond motifs is 1. The molecule has 3 rings (SSSR count). The molecule has 1 fully saturated rings. The zero-order chi connectivity index (χ0) is 21.2. The Balaban J connectivity index is 1.67. The van der Waals surface area contributed by atoms with Gasteiger partial charge < -0.3 is 20.7 Å². The Morgan fingerprint density at radius 3 is 2.72 bits per heavy atom. The van der Waals surface area contributed by atoms with Crippen LogP contribution in [0.1, 0.15) is 53.2 Å². The summed E-state index contributed by atoms with van der Waals surface area (Å²) >= 11 is 0. The number of alkyl carbamates (subject to hydrolysis) is 1. The molecule has 2 aromatic rings. The Bertz CT molecular complexity index is 956. The van der Waals surface area contributed by atoms with Crippen LogP contribution in [0.2, 0.25) is 0 Å². The van der Waals surface area contributed by atoms with Gasteiger partial charge in [-0.25, -0.2) is 19.7 Å². The van der Waals surface area contributed by atoms with Crippen molar-refractivity contribution in [1.29, 1.82) is 5.26 Å². The van der Waals surface area contributed by atoms with Crippen LogP contribution in [0.25, 0.3) is 10.9 Å². The Morgan fingerprint density at radius 2 is 2.10 bits per heavy atom. The molecule has 1 aliphatic rings. The number of pyridine rings is 1. The Kier molecular flexibility index (Phi) is 5.46. The summed E-state index contributed by atoms with van der Waals surface area (Å²) in [6.45, 7) is 10.1. The van der Waals surface area contributed by atoms with E-state index in [1.54, 1.807) is 12.3 Å². The minimum Gasteiger partial charge on any atom is -0.444 e. The Hall–Kier alpha value is -3.15. The van der Waals surface area contributed by atoms with Crippen LogP contribution in [0.5, 0.6) is 0 Å². The third kappa shape index (κ3) is 5.02. The highest BCUT2D eigenvalue weighted by Crippen LogP contribution is 2.34. The van der Waals surface area contributed by atoms with E-state index >= 15 is 0 Å². The second-order valence-electron chi connectivity index (χ2n) is 8.57. The maximum atomic E-state index is 12.0. The molecule has 2 aromatic heterocycles. The summed E-state index contributed by atoms with van der Waals surface area (Å²) in [5.74, 6) is 1.06. The standard InChI is InChI=1S/C20H27N7O2/c1-6-22-16-15-12(7-13(10-21)24-16)11-23-17(26-15)25-14-8-20(5,9-14)27-18(28)29-19(2,3)4/h7,11,14H,6,8-9H2,1-5H3,(H,22,24)(H,27,28)(H,23,25,26). The first-order valence-corrected chi connectivity index (χ1v) is 9.70. The summed E-state index contributed by atoms with van der Waals surface area (Å²) < 4.78 is 5.33. The van der Waals surface area contributed by atoms with Crippen LogP contribution in [-0.2, 0) is 4.74 Å². The SMILES string of the molecule is CCNc1nc(C#N)cc2cnc(NC3CC(C)(NC(=O)OC(C)(C)C)C3)nc12. The molecule has 1 aliphatic carbocycles. The van der Waals surface area contributed by atoms with Gasteiger partial charge in [-0.2, -0.15) is 5.26 Å². The number of hydrogen-bond acceptors (Lipinski definition) is 8. The first-order valence-electron chi connectivity index (χ1n) is 9.70. The number of ether oxygens (including phenoxy) is 1. The average Bonchev–Trinajstić information content (AvgIpc) is 2.59. The molecule has 2 heterocycles. The molecule has 1 saturated carbocycles. The normalized spacial score (nSPS) is 21.0. The predicted octanol–water partition coefficient (Wildman–Crippen LogP) is 3.19. The molecular formula is C20H27N7O2. The van der Waals surface area contributed by atoms with Crippen LogP contribution in [0.4, 0.5) is 16.6 Å². The van der Waals surface area contributed by atoms with Gasteiger partial charge in [0, 0.05) is 29.7 Å². The van der Waals surface area contributed by atoms with Crippen molar-refractivity contribution in [2.75, 3.05) is 17.2 Å². The number of hydrogen-bond donors (Lipinski definition) is 3. The molecule has 9 heteroatoms. The smallest absolute Gasteiger partial charge is 0.408 e. The van der Waals surface area contributed by atoms with Crippen LogP contribution in [0, 0.1) is 11.3 Å². The summed E-state index contributed by atoms with van der Waals surface area (Å²) in [6, 6.07) is 3.87. The summed E-state index contributed by atoms with van der Waals surface area (Å²) in [4.78, 5) is 25.3. The zero-order valence-corrected chi connectivity index (χ0v) is 17.5. The molecule has 1 amide bonds. The molecule has 29 heavy (non-hydrogen) atoms. The lowest BCUT2D eigenvalue weighted by molar-refractivity contribution is 0.0393. The first kappa shape index (κ1) is 20.6. The fourth-order valence-corrected chi connectivity index (χ4v) is 3.42. The minimum absolute atomic E-state index is 0.140. The van der Waals surface area contributed by atoms with Gasteiger partial charge in [0.2, 0.25) is 5.95 Å². The van der Waals surface area contributed by atoms with Crippen LogP contribution in [0.15, 0.2) is 12.3 Å². The van der Waals surface area contributed by atoms with E-state index in [-0.39, 0.29) is 11.6 Å². The molecule has 0 spiro atoms. The molecule has 0 atom stereocenters. The Labute approximate surface area is 170 Å². The van der Waals surface area contributed by atoms with E-state index in [9.17, 15) is 4.79 Å². The van der Waals surface area contributed by atoms with Gasteiger partial charge in [-0.1, -0.05) is 0 Å². The van der Waals surface area contributed by atoms with Crippen molar-refractivity contribution >= 4 is 28.8 Å². The van der Waals surface area contributed by atoms with Crippen LogP contribution in [0.3, 0.4) is 0 Å². The fraction of sp³-hybridized carbons (Fsp3) is 0.550. The number of nitrogens with zero attached hydrogens (tertiary/aromatic N) is 4. The molecular weight excluding hydrogens is 370 g/mol. The van der Waals surface area contributed by atoms with Crippen LogP contribution >= 0.6 is 0 Å². The van der Waals surface area contributed by atoms with Crippen molar-refractivity contribution < 1.29 is 9.53 Å². The van der Waals surface area contributed by atoms with Gasteiger partial charge in [0.25, 0.3) is 0 Å². The molecule has 9 nitrogen and oxygen atoms in total. The van der Waals surface area contributed by atoms with E-state index in [0.29, 0.717) is 29.5 Å². The largest absolute Gasteiger partial charge is 0.444 e. The minimum atomic E-state index is -0.523. The Morgan fingerprint density at radius 1 is 1.38 bits per heavy atom. The molecule has 0 unspecified atom stereocenters. The van der Waals surface area contributed by atoms with E-state index in [0.717, 1.165) is 18.2 Å². The van der Waals surface area contributed by atoms with Crippen LogP contribution in [-0.4, -0.2) is 44.8 Å². The van der Waals surface area contributed by atoms with Crippen molar-refractivity contribution in [3.8, 4) is 6.07 Å². The number of rotatable bonds is 5. The number of anilines is 2. The maximum Gasteiger partial charge on any atom is 0.408 e.